The molecule has 0 spiro atoms. The molecular weight excluding hydrogens is 403 g/mol. The van der Waals surface area contributed by atoms with Crippen LogP contribution >= 0.6 is 43.5 Å². The zero-order valence-corrected chi connectivity index (χ0v) is 15.0. The minimum absolute atomic E-state index is 0.214. The third kappa shape index (κ3) is 4.55. The van der Waals surface area contributed by atoms with Crippen LogP contribution in [-0.4, -0.2) is 11.5 Å². The maximum atomic E-state index is 6.14. The third-order valence-corrected chi connectivity index (χ3v) is 4.05. The van der Waals surface area contributed by atoms with E-state index in [1.165, 1.54) is 11.1 Å². The van der Waals surface area contributed by atoms with E-state index in [2.05, 4.69) is 61.2 Å². The molecule has 20 heavy (non-hydrogen) atoms. The monoisotopic (exact) mass is 416 g/mol. The van der Waals surface area contributed by atoms with Crippen molar-refractivity contribution in [2.24, 2.45) is 0 Å². The maximum Gasteiger partial charge on any atom is 0.0420 e. The number of benzene rings is 1. The van der Waals surface area contributed by atoms with Gasteiger partial charge in [-0.1, -0.05) is 34.5 Å². The Kier molecular flexibility index (Phi) is 6.02. The van der Waals surface area contributed by atoms with Crippen LogP contribution in [0.5, 0.6) is 0 Å². The molecule has 1 atom stereocenters. The Hall–Kier alpha value is -0.420. The van der Waals surface area contributed by atoms with Gasteiger partial charge in [-0.3, -0.25) is 4.98 Å². The van der Waals surface area contributed by atoms with Crippen molar-refractivity contribution < 1.29 is 0 Å². The molecule has 5 heteroatoms. The number of hydrogen-bond donors (Lipinski definition) is 1. The second kappa shape index (κ2) is 7.55. The van der Waals surface area contributed by atoms with Gasteiger partial charge in [0.15, 0.2) is 0 Å². The molecule has 2 nitrogen and oxygen atoms in total. The third-order valence-electron chi connectivity index (χ3n) is 2.94. The van der Waals surface area contributed by atoms with E-state index >= 15 is 0 Å². The lowest BCUT2D eigenvalue weighted by Gasteiger charge is -2.19. The predicted molar refractivity (Wildman–Crippen MR) is 91.2 cm³/mol. The lowest BCUT2D eigenvalue weighted by molar-refractivity contribution is 0.549. The molecule has 106 valence electrons. The normalized spacial score (nSPS) is 12.4. The van der Waals surface area contributed by atoms with Gasteiger partial charge >= 0.3 is 0 Å². The number of nitrogens with zero attached hydrogens (tertiary/aromatic N) is 1. The SMILES string of the molecule is CCNC(Cc1cncc(Br)c1)c1cc(Cl)cc(Br)c1. The summed E-state index contributed by atoms with van der Waals surface area (Å²) in [4.78, 5) is 4.22. The molecule has 0 saturated heterocycles. The van der Waals surface area contributed by atoms with Crippen LogP contribution in [0.4, 0.5) is 0 Å². The number of aromatic nitrogens is 1. The lowest BCUT2D eigenvalue weighted by atomic mass is 10.00. The van der Waals surface area contributed by atoms with E-state index in [9.17, 15) is 0 Å². The van der Waals surface area contributed by atoms with Crippen molar-refractivity contribution in [3.63, 3.8) is 0 Å². The summed E-state index contributed by atoms with van der Waals surface area (Å²) in [6.07, 6.45) is 4.56. The van der Waals surface area contributed by atoms with Crippen LogP contribution in [0.2, 0.25) is 5.02 Å². The molecule has 0 aliphatic carbocycles. The molecule has 0 fully saturated rings. The maximum absolute atomic E-state index is 6.14. The first-order valence-corrected chi connectivity index (χ1v) is 8.33. The topological polar surface area (TPSA) is 24.9 Å². The molecule has 0 aliphatic heterocycles. The number of halogens is 3. The highest BCUT2D eigenvalue weighted by molar-refractivity contribution is 9.10. The molecule has 2 aromatic rings. The molecule has 1 aromatic heterocycles. The standard InChI is InChI=1S/C15H15Br2ClN2/c1-2-20-15(4-10-3-13(17)9-19-8-10)11-5-12(16)7-14(18)6-11/h3,5-9,15,20H,2,4H2,1H3. The Bertz CT molecular complexity index is 570. The first-order valence-electron chi connectivity index (χ1n) is 6.37. The average molecular weight is 419 g/mol. The Morgan fingerprint density at radius 2 is 1.95 bits per heavy atom. The molecule has 2 rings (SSSR count). The Morgan fingerprint density at radius 3 is 2.60 bits per heavy atom. The van der Waals surface area contributed by atoms with Crippen molar-refractivity contribution in [3.05, 3.63) is 61.8 Å². The van der Waals surface area contributed by atoms with Gasteiger partial charge in [0.25, 0.3) is 0 Å². The molecule has 0 saturated carbocycles. The van der Waals surface area contributed by atoms with E-state index in [0.717, 1.165) is 26.9 Å². The summed E-state index contributed by atoms with van der Waals surface area (Å²) in [6.45, 7) is 3.00. The van der Waals surface area contributed by atoms with Gasteiger partial charge < -0.3 is 5.32 Å². The molecule has 0 aliphatic rings. The van der Waals surface area contributed by atoms with Crippen molar-refractivity contribution in [3.8, 4) is 0 Å². The molecule has 0 radical (unpaired) electrons. The molecule has 1 unspecified atom stereocenters. The quantitative estimate of drug-likeness (QED) is 0.726. The van der Waals surface area contributed by atoms with Crippen molar-refractivity contribution in [1.29, 1.82) is 0 Å². The molecule has 0 bridgehead atoms. The predicted octanol–water partition coefficient (Wildman–Crippen LogP) is 5.15. The van der Waals surface area contributed by atoms with E-state index in [4.69, 9.17) is 11.6 Å². The van der Waals surface area contributed by atoms with Gasteiger partial charge in [0, 0.05) is 32.4 Å². The summed E-state index contributed by atoms with van der Waals surface area (Å²) in [6, 6.07) is 8.31. The molecule has 0 amide bonds. The van der Waals surface area contributed by atoms with Gasteiger partial charge in [0.2, 0.25) is 0 Å². The summed E-state index contributed by atoms with van der Waals surface area (Å²) in [5.74, 6) is 0. The number of pyridine rings is 1. The molecular formula is C15H15Br2ClN2. The van der Waals surface area contributed by atoms with Gasteiger partial charge in [-0.05, 0) is 64.3 Å². The zero-order valence-electron chi connectivity index (χ0n) is 11.0. The minimum Gasteiger partial charge on any atom is -0.310 e. The Labute approximate surface area is 141 Å². The van der Waals surface area contributed by atoms with Crippen molar-refractivity contribution >= 4 is 43.5 Å². The number of rotatable bonds is 5. The van der Waals surface area contributed by atoms with Crippen LogP contribution in [0, 0.1) is 0 Å². The van der Waals surface area contributed by atoms with Crippen molar-refractivity contribution in [2.75, 3.05) is 6.54 Å². The molecule has 1 aromatic carbocycles. The van der Waals surface area contributed by atoms with E-state index in [1.807, 2.05) is 18.3 Å². The zero-order chi connectivity index (χ0) is 14.5. The van der Waals surface area contributed by atoms with E-state index < -0.39 is 0 Å². The first-order chi connectivity index (χ1) is 9.58. The van der Waals surface area contributed by atoms with Crippen LogP contribution < -0.4 is 5.32 Å². The fourth-order valence-corrected chi connectivity index (χ4v) is 3.43. The summed E-state index contributed by atoms with van der Waals surface area (Å²) >= 11 is 13.1. The minimum atomic E-state index is 0.214. The van der Waals surface area contributed by atoms with Gasteiger partial charge in [0.1, 0.15) is 0 Å². The highest BCUT2D eigenvalue weighted by atomic mass is 79.9. The van der Waals surface area contributed by atoms with Gasteiger partial charge in [-0.25, -0.2) is 0 Å². The number of nitrogens with one attached hydrogen (secondary N) is 1. The van der Waals surface area contributed by atoms with Gasteiger partial charge in [-0.2, -0.15) is 0 Å². The summed E-state index contributed by atoms with van der Waals surface area (Å²) in [5, 5.41) is 4.24. The molecule has 1 N–H and O–H groups in total. The van der Waals surface area contributed by atoms with Crippen molar-refractivity contribution in [1.82, 2.24) is 10.3 Å². The van der Waals surface area contributed by atoms with E-state index in [1.54, 1.807) is 6.20 Å². The van der Waals surface area contributed by atoms with Gasteiger partial charge in [-0.15, -0.1) is 0 Å². The fourth-order valence-electron chi connectivity index (χ4n) is 2.13. The largest absolute Gasteiger partial charge is 0.310 e. The van der Waals surface area contributed by atoms with Crippen LogP contribution in [-0.2, 0) is 6.42 Å². The lowest BCUT2D eigenvalue weighted by Crippen LogP contribution is -2.23. The first kappa shape index (κ1) is 16.0. The van der Waals surface area contributed by atoms with Crippen LogP contribution in [0.3, 0.4) is 0 Å². The smallest absolute Gasteiger partial charge is 0.0420 e. The second-order valence-electron chi connectivity index (χ2n) is 4.53. The molecule has 1 heterocycles. The van der Waals surface area contributed by atoms with Crippen molar-refractivity contribution in [2.45, 2.75) is 19.4 Å². The Morgan fingerprint density at radius 1 is 1.15 bits per heavy atom. The number of likely N-dealkylation sites (N-methyl/N-ethyl adjacent to an activating group) is 1. The second-order valence-corrected chi connectivity index (χ2v) is 6.80. The summed E-state index contributed by atoms with van der Waals surface area (Å²) in [5.41, 5.74) is 2.35. The average Bonchev–Trinajstić information content (AvgIpc) is 2.37. The highest BCUT2D eigenvalue weighted by Gasteiger charge is 2.13. The van der Waals surface area contributed by atoms with Crippen LogP contribution in [0.1, 0.15) is 24.1 Å². The van der Waals surface area contributed by atoms with Crippen LogP contribution in [0.25, 0.3) is 0 Å². The Balaban J connectivity index is 2.26. The highest BCUT2D eigenvalue weighted by Crippen LogP contribution is 2.26. The fraction of sp³-hybridized carbons (Fsp3) is 0.267. The van der Waals surface area contributed by atoms with E-state index in [0.29, 0.717) is 0 Å². The summed E-state index contributed by atoms with van der Waals surface area (Å²) < 4.78 is 1.99. The summed E-state index contributed by atoms with van der Waals surface area (Å²) in [7, 11) is 0. The van der Waals surface area contributed by atoms with Gasteiger partial charge in [0.05, 0.1) is 0 Å². The number of hydrogen-bond acceptors (Lipinski definition) is 2. The van der Waals surface area contributed by atoms with E-state index in [-0.39, 0.29) is 6.04 Å². The van der Waals surface area contributed by atoms with Crippen LogP contribution in [0.15, 0.2) is 45.6 Å².